The van der Waals surface area contributed by atoms with Crippen LogP contribution in [0.2, 0.25) is 0 Å². The molecule has 2 atom stereocenters. The molecule has 3 N–H and O–H groups in total. The number of anilines is 1. The summed E-state index contributed by atoms with van der Waals surface area (Å²) in [4.78, 5) is 41.6. The molecule has 8 heteroatoms. The van der Waals surface area contributed by atoms with Crippen molar-refractivity contribution in [2.45, 2.75) is 19.8 Å². The maximum absolute atomic E-state index is 11.7. The van der Waals surface area contributed by atoms with E-state index in [4.69, 9.17) is 5.11 Å². The minimum Gasteiger partial charge on any atom is -0.476 e. The molecule has 2 amide bonds. The Morgan fingerprint density at radius 3 is 2.62 bits per heavy atom. The van der Waals surface area contributed by atoms with Crippen molar-refractivity contribution in [1.82, 2.24) is 15.3 Å². The average Bonchev–Trinajstić information content (AvgIpc) is 3.16. The second kappa shape index (κ2) is 6.29. The summed E-state index contributed by atoms with van der Waals surface area (Å²) in [5, 5.41) is 14.0. The standard InChI is InChI=1S/C13H16N4O4/c1-7-6-8(7)12(19)16-3-2-9(18)17-11-10(13(20)21)14-4-5-15-11/h4-5,7-8H,2-3,6H2,1H3,(H,16,19)(H,20,21)(H,15,17,18). The molecule has 1 fully saturated rings. The summed E-state index contributed by atoms with van der Waals surface area (Å²) in [6.45, 7) is 2.20. The lowest BCUT2D eigenvalue weighted by Crippen LogP contribution is -2.29. The summed E-state index contributed by atoms with van der Waals surface area (Å²) < 4.78 is 0. The predicted molar refractivity (Wildman–Crippen MR) is 72.5 cm³/mol. The molecule has 1 aromatic rings. The van der Waals surface area contributed by atoms with Crippen molar-refractivity contribution in [2.75, 3.05) is 11.9 Å². The van der Waals surface area contributed by atoms with Gasteiger partial charge in [0.1, 0.15) is 0 Å². The van der Waals surface area contributed by atoms with Gasteiger partial charge in [-0.1, -0.05) is 6.92 Å². The van der Waals surface area contributed by atoms with Gasteiger partial charge < -0.3 is 15.7 Å². The minimum atomic E-state index is -1.27. The molecule has 0 radical (unpaired) electrons. The van der Waals surface area contributed by atoms with Gasteiger partial charge in [-0.05, 0) is 12.3 Å². The third kappa shape index (κ3) is 3.98. The van der Waals surface area contributed by atoms with Crippen LogP contribution in [0.1, 0.15) is 30.3 Å². The molecule has 1 aromatic heterocycles. The normalized spacial score (nSPS) is 19.7. The smallest absolute Gasteiger partial charge is 0.358 e. The molecule has 2 rings (SSSR count). The first-order chi connectivity index (χ1) is 9.99. The van der Waals surface area contributed by atoms with Gasteiger partial charge in [0.05, 0.1) is 0 Å². The highest BCUT2D eigenvalue weighted by Crippen LogP contribution is 2.37. The molecule has 0 bridgehead atoms. The number of rotatable bonds is 6. The molecule has 1 aliphatic carbocycles. The second-order valence-electron chi connectivity index (χ2n) is 4.97. The van der Waals surface area contributed by atoms with Crippen LogP contribution < -0.4 is 10.6 Å². The van der Waals surface area contributed by atoms with Gasteiger partial charge in [-0.2, -0.15) is 0 Å². The summed E-state index contributed by atoms with van der Waals surface area (Å²) in [5.41, 5.74) is -0.318. The third-order valence-corrected chi connectivity index (χ3v) is 3.26. The number of carboxylic acid groups (broad SMARTS) is 1. The van der Waals surface area contributed by atoms with Gasteiger partial charge in [0.2, 0.25) is 11.8 Å². The van der Waals surface area contributed by atoms with Gasteiger partial charge in [0.25, 0.3) is 0 Å². The zero-order valence-corrected chi connectivity index (χ0v) is 11.5. The lowest BCUT2D eigenvalue weighted by Gasteiger charge is -2.07. The van der Waals surface area contributed by atoms with E-state index in [9.17, 15) is 14.4 Å². The highest BCUT2D eigenvalue weighted by Gasteiger charge is 2.38. The summed E-state index contributed by atoms with van der Waals surface area (Å²) >= 11 is 0. The molecule has 2 unspecified atom stereocenters. The van der Waals surface area contributed by atoms with Crippen molar-refractivity contribution in [1.29, 1.82) is 0 Å². The Balaban J connectivity index is 1.79. The first-order valence-corrected chi connectivity index (χ1v) is 6.61. The van der Waals surface area contributed by atoms with E-state index >= 15 is 0 Å². The van der Waals surface area contributed by atoms with E-state index in [1.165, 1.54) is 12.4 Å². The molecule has 8 nitrogen and oxygen atoms in total. The van der Waals surface area contributed by atoms with E-state index < -0.39 is 11.9 Å². The van der Waals surface area contributed by atoms with E-state index in [-0.39, 0.29) is 36.3 Å². The molecule has 21 heavy (non-hydrogen) atoms. The highest BCUT2D eigenvalue weighted by molar-refractivity contribution is 5.97. The summed E-state index contributed by atoms with van der Waals surface area (Å²) in [6, 6.07) is 0. The van der Waals surface area contributed by atoms with Gasteiger partial charge in [0.15, 0.2) is 11.5 Å². The van der Waals surface area contributed by atoms with Crippen LogP contribution in [-0.2, 0) is 9.59 Å². The minimum absolute atomic E-state index is 0.0407. The van der Waals surface area contributed by atoms with Gasteiger partial charge in [0, 0.05) is 31.3 Å². The molecule has 1 heterocycles. The van der Waals surface area contributed by atoms with E-state index in [1.807, 2.05) is 6.92 Å². The second-order valence-corrected chi connectivity index (χ2v) is 4.97. The lowest BCUT2D eigenvalue weighted by molar-refractivity contribution is -0.122. The third-order valence-electron chi connectivity index (χ3n) is 3.26. The van der Waals surface area contributed by atoms with Crippen molar-refractivity contribution in [3.63, 3.8) is 0 Å². The van der Waals surface area contributed by atoms with Gasteiger partial charge in [-0.3, -0.25) is 9.59 Å². The summed E-state index contributed by atoms with van der Waals surface area (Å²) in [7, 11) is 0. The van der Waals surface area contributed by atoms with Crippen LogP contribution in [0.25, 0.3) is 0 Å². The Hall–Kier alpha value is -2.51. The fourth-order valence-electron chi connectivity index (χ4n) is 1.90. The fraction of sp³-hybridized carbons (Fsp3) is 0.462. The number of carboxylic acids is 1. The molecule has 0 spiro atoms. The SMILES string of the molecule is CC1CC1C(=O)NCCC(=O)Nc1nccnc1C(=O)O. The number of hydrogen-bond donors (Lipinski definition) is 3. The molecule has 1 saturated carbocycles. The first-order valence-electron chi connectivity index (χ1n) is 6.61. The van der Waals surface area contributed by atoms with Crippen molar-refractivity contribution < 1.29 is 19.5 Å². The van der Waals surface area contributed by atoms with Gasteiger partial charge in [-0.25, -0.2) is 14.8 Å². The van der Waals surface area contributed by atoms with Crippen LogP contribution >= 0.6 is 0 Å². The zero-order chi connectivity index (χ0) is 15.4. The number of hydrogen-bond acceptors (Lipinski definition) is 5. The Morgan fingerprint density at radius 2 is 2.00 bits per heavy atom. The first kappa shape index (κ1) is 14.9. The molecule has 112 valence electrons. The maximum atomic E-state index is 11.7. The molecular formula is C13H16N4O4. The van der Waals surface area contributed by atoms with Crippen LogP contribution in [0.5, 0.6) is 0 Å². The van der Waals surface area contributed by atoms with Gasteiger partial charge >= 0.3 is 5.97 Å². The molecule has 0 aliphatic heterocycles. The molecule has 0 aromatic carbocycles. The summed E-state index contributed by atoms with van der Waals surface area (Å²) in [6.07, 6.45) is 3.45. The number of carbonyl (C=O) groups excluding carboxylic acids is 2. The van der Waals surface area contributed by atoms with E-state index in [0.29, 0.717) is 5.92 Å². The Kier molecular flexibility index (Phi) is 4.46. The molecular weight excluding hydrogens is 276 g/mol. The summed E-state index contributed by atoms with van der Waals surface area (Å²) in [5.74, 6) is -1.36. The van der Waals surface area contributed by atoms with Crippen molar-refractivity contribution in [3.05, 3.63) is 18.1 Å². The monoisotopic (exact) mass is 292 g/mol. The Morgan fingerprint density at radius 1 is 1.33 bits per heavy atom. The van der Waals surface area contributed by atoms with Crippen molar-refractivity contribution >= 4 is 23.6 Å². The fourth-order valence-corrected chi connectivity index (χ4v) is 1.90. The topological polar surface area (TPSA) is 121 Å². The lowest BCUT2D eigenvalue weighted by atomic mass is 10.3. The van der Waals surface area contributed by atoms with E-state index in [0.717, 1.165) is 6.42 Å². The number of nitrogens with zero attached hydrogens (tertiary/aromatic N) is 2. The largest absolute Gasteiger partial charge is 0.476 e. The van der Waals surface area contributed by atoms with Crippen LogP contribution in [0.4, 0.5) is 5.82 Å². The predicted octanol–water partition coefficient (Wildman–Crippen LogP) is 0.276. The van der Waals surface area contributed by atoms with Crippen LogP contribution in [-0.4, -0.2) is 39.4 Å². The van der Waals surface area contributed by atoms with Gasteiger partial charge in [-0.15, -0.1) is 0 Å². The van der Waals surface area contributed by atoms with Crippen molar-refractivity contribution in [2.24, 2.45) is 11.8 Å². The van der Waals surface area contributed by atoms with Crippen LogP contribution in [0.3, 0.4) is 0 Å². The van der Waals surface area contributed by atoms with E-state index in [2.05, 4.69) is 20.6 Å². The molecule has 0 saturated heterocycles. The zero-order valence-electron chi connectivity index (χ0n) is 11.5. The molecule has 1 aliphatic rings. The number of carbonyl (C=O) groups is 3. The van der Waals surface area contributed by atoms with Crippen LogP contribution in [0.15, 0.2) is 12.4 Å². The Labute approximate surface area is 121 Å². The highest BCUT2D eigenvalue weighted by atomic mass is 16.4. The number of aromatic carboxylic acids is 1. The van der Waals surface area contributed by atoms with Crippen LogP contribution in [0, 0.1) is 11.8 Å². The average molecular weight is 292 g/mol. The number of nitrogens with one attached hydrogen (secondary N) is 2. The number of aromatic nitrogens is 2. The van der Waals surface area contributed by atoms with Crippen molar-refractivity contribution in [3.8, 4) is 0 Å². The van der Waals surface area contributed by atoms with E-state index in [1.54, 1.807) is 0 Å². The maximum Gasteiger partial charge on any atom is 0.358 e. The quantitative estimate of drug-likeness (QED) is 0.692. The Bertz CT molecular complexity index is 575. The number of amides is 2.